The normalized spacial score (nSPS) is 37.3. The maximum atomic E-state index is 12.5. The number of amides is 1. The monoisotopic (exact) mass is 270 g/mol. The van der Waals surface area contributed by atoms with Crippen LogP contribution in [0.5, 0.6) is 0 Å². The van der Waals surface area contributed by atoms with Crippen LogP contribution in [0.1, 0.15) is 40.0 Å². The second kappa shape index (κ2) is 5.04. The molecule has 2 rings (SSSR count). The van der Waals surface area contributed by atoms with E-state index in [2.05, 4.69) is 5.32 Å². The molecule has 0 aromatic heterocycles. The minimum atomic E-state index is -0.832. The largest absolute Gasteiger partial charge is 0.396 e. The van der Waals surface area contributed by atoms with Crippen molar-refractivity contribution in [2.45, 2.75) is 57.7 Å². The predicted molar refractivity (Wildman–Crippen MR) is 72.5 cm³/mol. The SMILES string of the molecule is CC(CCCO)NC(=O)C1(N)C2CCOC2C1(C)C. The Hall–Kier alpha value is -0.650. The number of aliphatic hydroxyl groups excluding tert-OH is 1. The lowest BCUT2D eigenvalue weighted by molar-refractivity contribution is -0.175. The number of fused-ring (bicyclic) bond motifs is 1. The van der Waals surface area contributed by atoms with Crippen molar-refractivity contribution in [2.24, 2.45) is 17.1 Å². The van der Waals surface area contributed by atoms with Gasteiger partial charge in [-0.05, 0) is 26.2 Å². The smallest absolute Gasteiger partial charge is 0.241 e. The molecule has 2 aliphatic rings. The minimum Gasteiger partial charge on any atom is -0.396 e. The van der Waals surface area contributed by atoms with E-state index < -0.39 is 5.54 Å². The van der Waals surface area contributed by atoms with Gasteiger partial charge in [-0.2, -0.15) is 0 Å². The van der Waals surface area contributed by atoms with Crippen LogP contribution in [0.2, 0.25) is 0 Å². The highest BCUT2D eigenvalue weighted by Gasteiger charge is 2.71. The Kier molecular flexibility index (Phi) is 3.91. The van der Waals surface area contributed by atoms with Gasteiger partial charge < -0.3 is 20.9 Å². The molecule has 110 valence electrons. The van der Waals surface area contributed by atoms with Crippen molar-refractivity contribution in [1.29, 1.82) is 0 Å². The van der Waals surface area contributed by atoms with Crippen LogP contribution in [0.3, 0.4) is 0 Å². The summed E-state index contributed by atoms with van der Waals surface area (Å²) in [5.74, 6) is 0.0576. The molecule has 0 bridgehead atoms. The highest BCUT2D eigenvalue weighted by Crippen LogP contribution is 2.58. The number of carbonyl (C=O) groups is 1. The van der Waals surface area contributed by atoms with Gasteiger partial charge in [0.05, 0.1) is 6.10 Å². The van der Waals surface area contributed by atoms with Crippen LogP contribution < -0.4 is 11.1 Å². The average molecular weight is 270 g/mol. The first-order chi connectivity index (χ1) is 8.85. The molecule has 1 saturated heterocycles. The molecule has 1 saturated carbocycles. The van der Waals surface area contributed by atoms with E-state index in [1.807, 2.05) is 20.8 Å². The number of ether oxygens (including phenoxy) is 1. The van der Waals surface area contributed by atoms with Crippen LogP contribution in [-0.4, -0.2) is 41.9 Å². The summed E-state index contributed by atoms with van der Waals surface area (Å²) in [6.07, 6.45) is 2.43. The summed E-state index contributed by atoms with van der Waals surface area (Å²) >= 11 is 0. The number of carbonyl (C=O) groups excluding carboxylic acids is 1. The molecule has 2 fully saturated rings. The molecule has 0 spiro atoms. The van der Waals surface area contributed by atoms with Crippen LogP contribution in [0, 0.1) is 11.3 Å². The fourth-order valence-electron chi connectivity index (χ4n) is 3.66. The summed E-state index contributed by atoms with van der Waals surface area (Å²) in [6, 6.07) is 0.0391. The van der Waals surface area contributed by atoms with E-state index in [4.69, 9.17) is 15.6 Å². The van der Waals surface area contributed by atoms with Crippen LogP contribution >= 0.6 is 0 Å². The standard InChI is InChI=1S/C14H26N2O3/c1-9(5-4-7-17)16-12(18)14(15)10-6-8-19-11(10)13(14,2)3/h9-11,17H,4-8,15H2,1-3H3,(H,16,18). The zero-order valence-corrected chi connectivity index (χ0v) is 12.1. The molecule has 0 radical (unpaired) electrons. The highest BCUT2D eigenvalue weighted by atomic mass is 16.5. The third-order valence-corrected chi connectivity index (χ3v) is 5.00. The Morgan fingerprint density at radius 2 is 2.26 bits per heavy atom. The van der Waals surface area contributed by atoms with Gasteiger partial charge in [0.25, 0.3) is 0 Å². The van der Waals surface area contributed by atoms with E-state index in [0.29, 0.717) is 13.0 Å². The van der Waals surface area contributed by atoms with Gasteiger partial charge in [0.15, 0.2) is 0 Å². The minimum absolute atomic E-state index is 0.0391. The molecule has 0 aromatic rings. The predicted octanol–water partition coefficient (Wildman–Crippen LogP) is 0.406. The summed E-state index contributed by atoms with van der Waals surface area (Å²) in [6.45, 7) is 6.82. The molecule has 4 unspecified atom stereocenters. The van der Waals surface area contributed by atoms with Crippen molar-refractivity contribution in [2.75, 3.05) is 13.2 Å². The fourth-order valence-corrected chi connectivity index (χ4v) is 3.66. The van der Waals surface area contributed by atoms with Crippen LogP contribution in [0.4, 0.5) is 0 Å². The first-order valence-corrected chi connectivity index (χ1v) is 7.18. The van der Waals surface area contributed by atoms with Gasteiger partial charge >= 0.3 is 0 Å². The molecule has 5 heteroatoms. The molecule has 1 aliphatic heterocycles. The summed E-state index contributed by atoms with van der Waals surface area (Å²) in [5.41, 5.74) is 5.29. The quantitative estimate of drug-likeness (QED) is 0.675. The average Bonchev–Trinajstić information content (AvgIpc) is 2.83. The molecule has 1 amide bonds. The Morgan fingerprint density at radius 1 is 1.58 bits per heavy atom. The van der Waals surface area contributed by atoms with E-state index in [9.17, 15) is 4.79 Å². The highest BCUT2D eigenvalue weighted by molar-refractivity contribution is 5.89. The molecule has 4 N–H and O–H groups in total. The number of hydrogen-bond donors (Lipinski definition) is 3. The molecule has 1 aliphatic carbocycles. The first kappa shape index (κ1) is 14.8. The van der Waals surface area contributed by atoms with Crippen molar-refractivity contribution >= 4 is 5.91 Å². The zero-order chi connectivity index (χ0) is 14.3. The van der Waals surface area contributed by atoms with E-state index in [1.54, 1.807) is 0 Å². The molecular formula is C14H26N2O3. The topological polar surface area (TPSA) is 84.6 Å². The molecule has 4 atom stereocenters. The number of hydrogen-bond acceptors (Lipinski definition) is 4. The van der Waals surface area contributed by atoms with Crippen LogP contribution in [0.25, 0.3) is 0 Å². The summed E-state index contributed by atoms with van der Waals surface area (Å²) < 4.78 is 5.69. The molecule has 0 aromatic carbocycles. The second-order valence-electron chi connectivity index (χ2n) is 6.52. The van der Waals surface area contributed by atoms with Crippen molar-refractivity contribution in [1.82, 2.24) is 5.32 Å². The number of rotatable bonds is 5. The lowest BCUT2D eigenvalue weighted by Crippen LogP contribution is -2.80. The van der Waals surface area contributed by atoms with Crippen LogP contribution in [0.15, 0.2) is 0 Å². The number of nitrogens with two attached hydrogens (primary N) is 1. The fraction of sp³-hybridized carbons (Fsp3) is 0.929. The van der Waals surface area contributed by atoms with Gasteiger partial charge in [0.2, 0.25) is 5.91 Å². The van der Waals surface area contributed by atoms with Crippen molar-refractivity contribution in [3.05, 3.63) is 0 Å². The van der Waals surface area contributed by atoms with Gasteiger partial charge in [0, 0.05) is 30.6 Å². The van der Waals surface area contributed by atoms with E-state index in [0.717, 1.165) is 12.8 Å². The van der Waals surface area contributed by atoms with Gasteiger partial charge in [-0.3, -0.25) is 4.79 Å². The number of aliphatic hydroxyl groups is 1. The number of nitrogens with one attached hydrogen (secondary N) is 1. The molecular weight excluding hydrogens is 244 g/mol. The Balaban J connectivity index is 2.01. The Labute approximate surface area is 114 Å². The molecule has 5 nitrogen and oxygen atoms in total. The van der Waals surface area contributed by atoms with Gasteiger partial charge in [-0.15, -0.1) is 0 Å². The summed E-state index contributed by atoms with van der Waals surface area (Å²) in [4.78, 5) is 12.5. The van der Waals surface area contributed by atoms with E-state index >= 15 is 0 Å². The van der Waals surface area contributed by atoms with Gasteiger partial charge in [0.1, 0.15) is 5.54 Å². The maximum Gasteiger partial charge on any atom is 0.241 e. The van der Waals surface area contributed by atoms with E-state index in [1.165, 1.54) is 0 Å². The zero-order valence-electron chi connectivity index (χ0n) is 12.1. The Morgan fingerprint density at radius 3 is 2.89 bits per heavy atom. The lowest BCUT2D eigenvalue weighted by atomic mass is 9.48. The summed E-state index contributed by atoms with van der Waals surface area (Å²) in [5, 5.41) is 11.8. The van der Waals surface area contributed by atoms with E-state index in [-0.39, 0.29) is 36.0 Å². The third-order valence-electron chi connectivity index (χ3n) is 5.00. The van der Waals surface area contributed by atoms with Gasteiger partial charge in [-0.1, -0.05) is 13.8 Å². The second-order valence-corrected chi connectivity index (χ2v) is 6.52. The maximum absolute atomic E-state index is 12.5. The van der Waals surface area contributed by atoms with Crippen molar-refractivity contribution in [3.63, 3.8) is 0 Å². The Bertz CT molecular complexity index is 359. The third kappa shape index (κ3) is 2.08. The molecule has 1 heterocycles. The first-order valence-electron chi connectivity index (χ1n) is 7.18. The van der Waals surface area contributed by atoms with Crippen LogP contribution in [-0.2, 0) is 9.53 Å². The molecule has 19 heavy (non-hydrogen) atoms. The lowest BCUT2D eigenvalue weighted by Gasteiger charge is -2.60. The van der Waals surface area contributed by atoms with Gasteiger partial charge in [-0.25, -0.2) is 0 Å². The van der Waals surface area contributed by atoms with Crippen molar-refractivity contribution in [3.8, 4) is 0 Å². The summed E-state index contributed by atoms with van der Waals surface area (Å²) in [7, 11) is 0. The van der Waals surface area contributed by atoms with Crippen molar-refractivity contribution < 1.29 is 14.6 Å².